The van der Waals surface area contributed by atoms with Crippen molar-refractivity contribution in [3.63, 3.8) is 0 Å². The van der Waals surface area contributed by atoms with Crippen molar-refractivity contribution in [2.45, 2.75) is 63.6 Å². The fourth-order valence-corrected chi connectivity index (χ4v) is 5.16. The van der Waals surface area contributed by atoms with Crippen LogP contribution in [0.15, 0.2) is 88.2 Å². The first-order chi connectivity index (χ1) is 17.1. The number of nitrogens with one attached hydrogen (secondary N) is 1. The van der Waals surface area contributed by atoms with Crippen molar-refractivity contribution in [3.05, 3.63) is 100 Å². The van der Waals surface area contributed by atoms with Crippen LogP contribution in [0.3, 0.4) is 0 Å². The first-order valence-corrected chi connectivity index (χ1v) is 14.0. The molecule has 3 aromatic rings. The minimum atomic E-state index is -0.623. The Morgan fingerprint density at radius 2 is 1.61 bits per heavy atom. The Bertz CT molecular complexity index is 1140. The maximum Gasteiger partial charge on any atom is 0.243 e. The van der Waals surface area contributed by atoms with Crippen LogP contribution < -0.4 is 5.32 Å². The Morgan fingerprint density at radius 3 is 2.25 bits per heavy atom. The van der Waals surface area contributed by atoms with Crippen LogP contribution in [0.5, 0.6) is 0 Å². The summed E-state index contributed by atoms with van der Waals surface area (Å²) in [5.74, 6) is 0.482. The summed E-state index contributed by atoms with van der Waals surface area (Å²) in [5.41, 5.74) is 2.81. The van der Waals surface area contributed by atoms with Crippen molar-refractivity contribution in [1.29, 1.82) is 0 Å². The topological polar surface area (TPSA) is 49.4 Å². The second-order valence-electron chi connectivity index (χ2n) is 10.0. The zero-order valence-electron chi connectivity index (χ0n) is 21.5. The molecule has 0 saturated heterocycles. The van der Waals surface area contributed by atoms with Crippen LogP contribution in [0.2, 0.25) is 0 Å². The monoisotopic (exact) mass is 566 g/mol. The molecule has 190 valence electrons. The SMILES string of the molecule is Cc1ccc(SCCC(=O)N(Cc2cccc(Br)c2)C(Cc2ccccc2)C(=O)NC(C)(C)C)cc1. The van der Waals surface area contributed by atoms with Crippen molar-refractivity contribution in [2.24, 2.45) is 0 Å². The number of nitrogens with zero attached hydrogens (tertiary/aromatic N) is 1. The molecule has 2 amide bonds. The van der Waals surface area contributed by atoms with Crippen LogP contribution in [0, 0.1) is 6.92 Å². The number of amides is 2. The third-order valence-electron chi connectivity index (χ3n) is 5.62. The summed E-state index contributed by atoms with van der Waals surface area (Å²) >= 11 is 5.20. The highest BCUT2D eigenvalue weighted by atomic mass is 79.9. The van der Waals surface area contributed by atoms with Crippen LogP contribution in [-0.4, -0.2) is 34.0 Å². The molecule has 36 heavy (non-hydrogen) atoms. The van der Waals surface area contributed by atoms with Crippen molar-refractivity contribution in [3.8, 4) is 0 Å². The number of hydrogen-bond acceptors (Lipinski definition) is 3. The molecule has 1 atom stereocenters. The van der Waals surface area contributed by atoms with E-state index in [4.69, 9.17) is 0 Å². The van der Waals surface area contributed by atoms with Gasteiger partial charge in [0.15, 0.2) is 0 Å². The van der Waals surface area contributed by atoms with E-state index in [9.17, 15) is 9.59 Å². The summed E-state index contributed by atoms with van der Waals surface area (Å²) in [6.45, 7) is 8.31. The largest absolute Gasteiger partial charge is 0.350 e. The summed E-state index contributed by atoms with van der Waals surface area (Å²) in [4.78, 5) is 30.2. The van der Waals surface area contributed by atoms with Crippen molar-refractivity contribution in [2.75, 3.05) is 5.75 Å². The van der Waals surface area contributed by atoms with Gasteiger partial charge in [0.1, 0.15) is 6.04 Å². The van der Waals surface area contributed by atoms with Crippen molar-refractivity contribution < 1.29 is 9.59 Å². The average molecular weight is 568 g/mol. The van der Waals surface area contributed by atoms with E-state index in [0.717, 1.165) is 20.5 Å². The van der Waals surface area contributed by atoms with Crippen molar-refractivity contribution >= 4 is 39.5 Å². The second-order valence-corrected chi connectivity index (χ2v) is 12.1. The van der Waals surface area contributed by atoms with Crippen LogP contribution in [-0.2, 0) is 22.6 Å². The number of thioether (sulfide) groups is 1. The van der Waals surface area contributed by atoms with E-state index in [0.29, 0.717) is 25.1 Å². The molecule has 0 radical (unpaired) electrons. The standard InChI is InChI=1S/C30H35BrN2O2S/c1-22-13-15-26(16-14-22)36-18-17-28(34)33(21-24-11-8-12-25(31)19-24)27(29(35)32-30(2,3)4)20-23-9-6-5-7-10-23/h5-16,19,27H,17-18,20-21H2,1-4H3,(H,32,35). The molecule has 0 fully saturated rings. The highest BCUT2D eigenvalue weighted by Crippen LogP contribution is 2.22. The van der Waals surface area contributed by atoms with Gasteiger partial charge in [0, 0.05) is 40.0 Å². The van der Waals surface area contributed by atoms with E-state index in [1.165, 1.54) is 5.56 Å². The molecule has 4 nitrogen and oxygen atoms in total. The van der Waals surface area contributed by atoms with Crippen LogP contribution in [0.1, 0.15) is 43.9 Å². The van der Waals surface area contributed by atoms with Gasteiger partial charge in [-0.1, -0.05) is 76.1 Å². The van der Waals surface area contributed by atoms with Crippen molar-refractivity contribution in [1.82, 2.24) is 10.2 Å². The lowest BCUT2D eigenvalue weighted by atomic mass is 10.0. The van der Waals surface area contributed by atoms with E-state index in [1.807, 2.05) is 75.4 Å². The lowest BCUT2D eigenvalue weighted by molar-refractivity contribution is -0.141. The maximum atomic E-state index is 13.7. The van der Waals surface area contributed by atoms with E-state index in [-0.39, 0.29) is 11.8 Å². The fourth-order valence-electron chi connectivity index (χ4n) is 3.87. The molecule has 0 saturated carbocycles. The molecule has 0 aromatic heterocycles. The van der Waals surface area contributed by atoms with E-state index < -0.39 is 11.6 Å². The van der Waals surface area contributed by atoms with Gasteiger partial charge in [0.05, 0.1) is 0 Å². The van der Waals surface area contributed by atoms with Gasteiger partial charge in [-0.15, -0.1) is 11.8 Å². The quantitative estimate of drug-likeness (QED) is 0.275. The first-order valence-electron chi connectivity index (χ1n) is 12.2. The molecule has 3 rings (SSSR count). The minimum absolute atomic E-state index is 0.0282. The lowest BCUT2D eigenvalue weighted by Crippen LogP contribution is -2.54. The second kappa shape index (κ2) is 13.1. The Hall–Kier alpha value is -2.57. The molecular weight excluding hydrogens is 532 g/mol. The van der Waals surface area contributed by atoms with Gasteiger partial charge in [-0.2, -0.15) is 0 Å². The molecule has 0 bridgehead atoms. The van der Waals surface area contributed by atoms with Gasteiger partial charge < -0.3 is 10.2 Å². The molecule has 3 aromatic carbocycles. The van der Waals surface area contributed by atoms with Gasteiger partial charge in [-0.25, -0.2) is 0 Å². The third kappa shape index (κ3) is 9.14. The van der Waals surface area contributed by atoms with Gasteiger partial charge in [0.2, 0.25) is 11.8 Å². The number of benzene rings is 3. The highest BCUT2D eigenvalue weighted by Gasteiger charge is 2.32. The van der Waals surface area contributed by atoms with Gasteiger partial charge in [0.25, 0.3) is 0 Å². The summed E-state index contributed by atoms with van der Waals surface area (Å²) in [5, 5.41) is 3.11. The summed E-state index contributed by atoms with van der Waals surface area (Å²) in [6, 6.07) is 25.5. The Balaban J connectivity index is 1.86. The smallest absolute Gasteiger partial charge is 0.243 e. The number of carbonyl (C=O) groups excluding carboxylic acids is 2. The molecule has 0 aliphatic heterocycles. The molecule has 0 aliphatic rings. The van der Waals surface area contributed by atoms with Gasteiger partial charge in [-0.3, -0.25) is 9.59 Å². The number of halogens is 1. The van der Waals surface area contributed by atoms with Gasteiger partial charge >= 0.3 is 0 Å². The molecule has 0 spiro atoms. The summed E-state index contributed by atoms with van der Waals surface area (Å²) in [7, 11) is 0. The molecule has 6 heteroatoms. The van der Waals surface area contributed by atoms with Gasteiger partial charge in [-0.05, 0) is 63.1 Å². The first kappa shape index (κ1) is 28.0. The lowest BCUT2D eigenvalue weighted by Gasteiger charge is -2.34. The predicted octanol–water partition coefficient (Wildman–Crippen LogP) is 6.79. The molecule has 1 N–H and O–H groups in total. The fraction of sp³-hybridized carbons (Fsp3) is 0.333. The number of hydrogen-bond donors (Lipinski definition) is 1. The third-order valence-corrected chi connectivity index (χ3v) is 7.12. The number of rotatable bonds is 10. The van der Waals surface area contributed by atoms with E-state index in [2.05, 4.69) is 52.4 Å². The normalized spacial score (nSPS) is 12.1. The minimum Gasteiger partial charge on any atom is -0.350 e. The Kier molecular flexibility index (Phi) is 10.2. The molecular formula is C30H35BrN2O2S. The maximum absolute atomic E-state index is 13.7. The predicted molar refractivity (Wildman–Crippen MR) is 153 cm³/mol. The molecule has 0 heterocycles. The van der Waals surface area contributed by atoms with Crippen LogP contribution >= 0.6 is 27.7 Å². The van der Waals surface area contributed by atoms with Crippen LogP contribution in [0.4, 0.5) is 0 Å². The average Bonchev–Trinajstić information content (AvgIpc) is 2.82. The zero-order valence-corrected chi connectivity index (χ0v) is 23.9. The number of carbonyl (C=O) groups is 2. The van der Waals surface area contributed by atoms with E-state index in [1.54, 1.807) is 16.7 Å². The van der Waals surface area contributed by atoms with E-state index >= 15 is 0 Å². The Morgan fingerprint density at radius 1 is 0.944 bits per heavy atom. The molecule has 0 aliphatic carbocycles. The highest BCUT2D eigenvalue weighted by molar-refractivity contribution is 9.10. The summed E-state index contributed by atoms with van der Waals surface area (Å²) < 4.78 is 0.945. The zero-order chi connectivity index (χ0) is 26.1. The Labute approximate surface area is 228 Å². The number of aryl methyl sites for hydroxylation is 1. The molecule has 1 unspecified atom stereocenters. The van der Waals surface area contributed by atoms with Crippen LogP contribution in [0.25, 0.3) is 0 Å². The summed E-state index contributed by atoms with van der Waals surface area (Å²) in [6.07, 6.45) is 0.800.